The number of para-hydroxylation sites is 1. The van der Waals surface area contributed by atoms with Crippen molar-refractivity contribution in [2.75, 3.05) is 4.90 Å². The van der Waals surface area contributed by atoms with Crippen LogP contribution in [-0.4, -0.2) is 16.0 Å². The highest BCUT2D eigenvalue weighted by molar-refractivity contribution is 7.19. The van der Waals surface area contributed by atoms with Gasteiger partial charge in [0, 0.05) is 22.2 Å². The van der Waals surface area contributed by atoms with Crippen LogP contribution in [0.4, 0.5) is 15.9 Å². The van der Waals surface area contributed by atoms with E-state index in [-0.39, 0.29) is 5.82 Å². The summed E-state index contributed by atoms with van der Waals surface area (Å²) in [6, 6.07) is 15.6. The van der Waals surface area contributed by atoms with Crippen LogP contribution in [0.3, 0.4) is 0 Å². The lowest BCUT2D eigenvalue weighted by Crippen LogP contribution is -2.25. The first-order valence-electron chi connectivity index (χ1n) is 9.43. The van der Waals surface area contributed by atoms with Crippen molar-refractivity contribution >= 4 is 33.1 Å². The van der Waals surface area contributed by atoms with Gasteiger partial charge in [0.15, 0.2) is 0 Å². The molecule has 3 nitrogen and oxygen atoms in total. The quantitative estimate of drug-likeness (QED) is 0.409. The topological polar surface area (TPSA) is 29.0 Å². The molecule has 140 valence electrons. The first-order valence-corrected chi connectivity index (χ1v) is 10.3. The maximum atomic E-state index is 13.5. The molecule has 28 heavy (non-hydrogen) atoms. The lowest BCUT2D eigenvalue weighted by atomic mass is 10.0. The summed E-state index contributed by atoms with van der Waals surface area (Å²) in [6.45, 7) is 6.29. The Morgan fingerprint density at radius 2 is 1.79 bits per heavy atom. The van der Waals surface area contributed by atoms with Crippen LogP contribution in [0.1, 0.15) is 23.2 Å². The average molecular weight is 389 g/mol. The minimum atomic E-state index is -0.227. The molecule has 1 aliphatic heterocycles. The highest BCUT2D eigenvalue weighted by atomic mass is 32.1. The summed E-state index contributed by atoms with van der Waals surface area (Å²) in [5.74, 6) is 1.49. The zero-order valence-electron chi connectivity index (χ0n) is 16.0. The number of aromatic nitrogens is 2. The van der Waals surface area contributed by atoms with E-state index in [9.17, 15) is 4.39 Å². The largest absolute Gasteiger partial charge is 0.322 e. The minimum Gasteiger partial charge on any atom is -0.322 e. The number of anilines is 2. The lowest BCUT2D eigenvalue weighted by Gasteiger charge is -2.25. The van der Waals surface area contributed by atoms with Crippen molar-refractivity contribution in [1.29, 1.82) is 0 Å². The van der Waals surface area contributed by atoms with Gasteiger partial charge in [-0.2, -0.15) is 0 Å². The zero-order valence-corrected chi connectivity index (χ0v) is 16.8. The fourth-order valence-electron chi connectivity index (χ4n) is 4.22. The Morgan fingerprint density at radius 3 is 2.57 bits per heavy atom. The molecule has 0 amide bonds. The smallest absolute Gasteiger partial charge is 0.146 e. The van der Waals surface area contributed by atoms with Gasteiger partial charge in [0.25, 0.3) is 0 Å². The predicted octanol–water partition coefficient (Wildman–Crippen LogP) is 6.20. The van der Waals surface area contributed by atoms with Crippen molar-refractivity contribution in [1.82, 2.24) is 9.97 Å². The molecule has 0 N–H and O–H groups in total. The fourth-order valence-corrected chi connectivity index (χ4v) is 5.31. The number of thiophene rings is 1. The summed E-state index contributed by atoms with van der Waals surface area (Å²) in [5.41, 5.74) is 4.66. The van der Waals surface area contributed by atoms with Crippen molar-refractivity contribution in [3.8, 4) is 11.1 Å². The number of fused-ring (bicyclic) bond motifs is 2. The van der Waals surface area contributed by atoms with Crippen LogP contribution in [0.5, 0.6) is 0 Å². The Labute approximate surface area is 167 Å². The highest BCUT2D eigenvalue weighted by Gasteiger charge is 2.31. The third-order valence-corrected chi connectivity index (χ3v) is 6.39. The van der Waals surface area contributed by atoms with Crippen molar-refractivity contribution in [3.63, 3.8) is 0 Å². The molecule has 5 heteroatoms. The van der Waals surface area contributed by atoms with Gasteiger partial charge in [0.2, 0.25) is 0 Å². The second-order valence-electron chi connectivity index (χ2n) is 7.37. The molecule has 2 aromatic heterocycles. The average Bonchev–Trinajstić information content (AvgIpc) is 3.17. The molecule has 0 saturated carbocycles. The standard InChI is InChI=1S/C23H20FN3S/c1-13-12-17-6-4-5-7-19(17)27(13)22-21-20(16-8-10-18(24)11-9-16)14(2)28-23(21)26-15(3)25-22/h4-11,13H,12H2,1-3H3. The minimum absolute atomic E-state index is 0.227. The summed E-state index contributed by atoms with van der Waals surface area (Å²) >= 11 is 1.68. The van der Waals surface area contributed by atoms with E-state index in [1.807, 2.05) is 19.1 Å². The number of rotatable bonds is 2. The van der Waals surface area contributed by atoms with Crippen molar-refractivity contribution in [2.24, 2.45) is 0 Å². The first kappa shape index (κ1) is 17.3. The van der Waals surface area contributed by atoms with Gasteiger partial charge in [-0.25, -0.2) is 14.4 Å². The zero-order chi connectivity index (χ0) is 19.4. The van der Waals surface area contributed by atoms with E-state index < -0.39 is 0 Å². The van der Waals surface area contributed by atoms with E-state index >= 15 is 0 Å². The van der Waals surface area contributed by atoms with Crippen LogP contribution >= 0.6 is 11.3 Å². The van der Waals surface area contributed by atoms with E-state index in [1.165, 1.54) is 28.3 Å². The van der Waals surface area contributed by atoms with Crippen molar-refractivity contribution in [2.45, 2.75) is 33.2 Å². The van der Waals surface area contributed by atoms with E-state index in [0.29, 0.717) is 6.04 Å². The molecule has 1 unspecified atom stereocenters. The summed E-state index contributed by atoms with van der Waals surface area (Å²) in [7, 11) is 0. The number of halogens is 1. The molecule has 4 aromatic rings. The van der Waals surface area contributed by atoms with Gasteiger partial charge in [-0.1, -0.05) is 30.3 Å². The van der Waals surface area contributed by atoms with E-state index in [1.54, 1.807) is 11.3 Å². The monoisotopic (exact) mass is 389 g/mol. The molecule has 0 radical (unpaired) electrons. The molecule has 0 saturated heterocycles. The number of hydrogen-bond acceptors (Lipinski definition) is 4. The fraction of sp³-hybridized carbons (Fsp3) is 0.217. The summed E-state index contributed by atoms with van der Waals surface area (Å²) < 4.78 is 13.5. The first-order chi connectivity index (χ1) is 13.5. The SMILES string of the molecule is Cc1nc(N2c3ccccc3CC2C)c2c(-c3ccc(F)cc3)c(C)sc2n1. The van der Waals surface area contributed by atoms with Gasteiger partial charge in [0.1, 0.15) is 22.3 Å². The molecule has 1 atom stereocenters. The van der Waals surface area contributed by atoms with Gasteiger partial charge in [-0.15, -0.1) is 11.3 Å². The Kier molecular flexibility index (Phi) is 3.95. The third-order valence-electron chi connectivity index (χ3n) is 5.39. The van der Waals surface area contributed by atoms with E-state index in [0.717, 1.165) is 39.4 Å². The van der Waals surface area contributed by atoms with E-state index in [4.69, 9.17) is 9.97 Å². The predicted molar refractivity (Wildman–Crippen MR) is 114 cm³/mol. The van der Waals surface area contributed by atoms with Gasteiger partial charge < -0.3 is 4.90 Å². The molecular formula is C23H20FN3S. The lowest BCUT2D eigenvalue weighted by molar-refractivity contribution is 0.628. The van der Waals surface area contributed by atoms with Gasteiger partial charge in [-0.3, -0.25) is 0 Å². The molecule has 1 aliphatic rings. The molecule has 2 aromatic carbocycles. The highest BCUT2D eigenvalue weighted by Crippen LogP contribution is 2.46. The van der Waals surface area contributed by atoms with Crippen LogP contribution in [0, 0.1) is 19.7 Å². The number of hydrogen-bond donors (Lipinski definition) is 0. The number of aryl methyl sites for hydroxylation is 2. The van der Waals surface area contributed by atoms with Crippen molar-refractivity contribution in [3.05, 3.63) is 70.6 Å². The Balaban J connectivity index is 1.81. The van der Waals surface area contributed by atoms with Crippen LogP contribution in [-0.2, 0) is 6.42 Å². The van der Waals surface area contributed by atoms with Crippen LogP contribution < -0.4 is 4.90 Å². The molecule has 0 aliphatic carbocycles. The third kappa shape index (κ3) is 2.61. The normalized spacial score (nSPS) is 16.0. The maximum absolute atomic E-state index is 13.5. The van der Waals surface area contributed by atoms with Gasteiger partial charge >= 0.3 is 0 Å². The van der Waals surface area contributed by atoms with Crippen LogP contribution in [0.2, 0.25) is 0 Å². The molecule has 0 bridgehead atoms. The molecule has 0 spiro atoms. The van der Waals surface area contributed by atoms with Crippen molar-refractivity contribution < 1.29 is 4.39 Å². The maximum Gasteiger partial charge on any atom is 0.146 e. The summed E-state index contributed by atoms with van der Waals surface area (Å²) in [5, 5.41) is 1.06. The molecular weight excluding hydrogens is 369 g/mol. The molecule has 0 fully saturated rings. The van der Waals surface area contributed by atoms with E-state index in [2.05, 4.69) is 43.0 Å². The second-order valence-corrected chi connectivity index (χ2v) is 8.57. The number of nitrogens with zero attached hydrogens (tertiary/aromatic N) is 3. The molecule has 3 heterocycles. The second kappa shape index (κ2) is 6.38. The Hall–Kier alpha value is -2.79. The Morgan fingerprint density at radius 1 is 1.04 bits per heavy atom. The Bertz CT molecular complexity index is 1200. The van der Waals surface area contributed by atoms with Crippen LogP contribution in [0.15, 0.2) is 48.5 Å². The molecule has 5 rings (SSSR count). The summed E-state index contributed by atoms with van der Waals surface area (Å²) in [4.78, 5) is 14.1. The summed E-state index contributed by atoms with van der Waals surface area (Å²) in [6.07, 6.45) is 0.996. The number of benzene rings is 2. The van der Waals surface area contributed by atoms with Crippen LogP contribution in [0.25, 0.3) is 21.3 Å². The van der Waals surface area contributed by atoms with Gasteiger partial charge in [-0.05, 0) is 56.5 Å². The van der Waals surface area contributed by atoms with Gasteiger partial charge in [0.05, 0.1) is 5.39 Å².